The molecule has 0 N–H and O–H groups in total. The second kappa shape index (κ2) is 8.07. The maximum absolute atomic E-state index is 13.4. The first-order chi connectivity index (χ1) is 14.2. The number of rotatable bonds is 5. The predicted octanol–water partition coefficient (Wildman–Crippen LogP) is 5.18. The Morgan fingerprint density at radius 2 is 1.52 bits per heavy atom. The summed E-state index contributed by atoms with van der Waals surface area (Å²) in [5, 5.41) is 0. The van der Waals surface area contributed by atoms with E-state index in [-0.39, 0.29) is 5.91 Å². The monoisotopic (exact) mass is 383 g/mol. The van der Waals surface area contributed by atoms with Gasteiger partial charge in [0.1, 0.15) is 11.5 Å². The molecule has 1 amide bonds. The lowest BCUT2D eigenvalue weighted by molar-refractivity contribution is -0.113. The summed E-state index contributed by atoms with van der Waals surface area (Å²) >= 11 is 0. The molecule has 3 aromatic rings. The van der Waals surface area contributed by atoms with Gasteiger partial charge in [-0.15, -0.1) is 0 Å². The van der Waals surface area contributed by atoms with Gasteiger partial charge in [-0.25, -0.2) is 0 Å². The summed E-state index contributed by atoms with van der Waals surface area (Å²) in [6.45, 7) is 0. The highest BCUT2D eigenvalue weighted by molar-refractivity contribution is 6.23. The molecule has 144 valence electrons. The number of methoxy groups -OCH3 is 2. The number of carbonyl (C=O) groups excluding carboxylic acids is 1. The molecule has 4 nitrogen and oxygen atoms in total. The van der Waals surface area contributed by atoms with Crippen molar-refractivity contribution in [3.63, 3.8) is 0 Å². The van der Waals surface area contributed by atoms with Crippen molar-refractivity contribution in [2.45, 2.75) is 0 Å². The Labute approximate surface area is 170 Å². The summed E-state index contributed by atoms with van der Waals surface area (Å²) in [6.07, 6.45) is 3.83. The Kier molecular flexibility index (Phi) is 5.16. The smallest absolute Gasteiger partial charge is 0.262 e. The van der Waals surface area contributed by atoms with Gasteiger partial charge in [0, 0.05) is 11.6 Å². The molecule has 29 heavy (non-hydrogen) atoms. The first-order valence-corrected chi connectivity index (χ1v) is 9.31. The highest BCUT2D eigenvalue weighted by Gasteiger charge is 2.30. The van der Waals surface area contributed by atoms with Crippen LogP contribution in [0.1, 0.15) is 11.1 Å². The summed E-state index contributed by atoms with van der Waals surface area (Å²) in [5.41, 5.74) is 4.13. The standard InChI is InChI=1S/C25H21NO3/c1-28-22-13-11-18(12-14-22)15-20-16-24(19-7-4-3-5-8-19)26(25(20)27)21-9-6-10-23(17-21)29-2/h3-17H,1-2H3/b20-15+. The Bertz CT molecular complexity index is 1080. The van der Waals surface area contributed by atoms with E-state index >= 15 is 0 Å². The van der Waals surface area contributed by atoms with Crippen molar-refractivity contribution in [3.05, 3.63) is 102 Å². The molecule has 0 fully saturated rings. The van der Waals surface area contributed by atoms with Gasteiger partial charge >= 0.3 is 0 Å². The molecular weight excluding hydrogens is 362 g/mol. The fourth-order valence-corrected chi connectivity index (χ4v) is 3.32. The minimum atomic E-state index is -0.0760. The summed E-state index contributed by atoms with van der Waals surface area (Å²) in [4.78, 5) is 15.1. The lowest BCUT2D eigenvalue weighted by Gasteiger charge is -2.21. The second-order valence-corrected chi connectivity index (χ2v) is 6.61. The first-order valence-electron chi connectivity index (χ1n) is 9.31. The van der Waals surface area contributed by atoms with Crippen molar-refractivity contribution in [1.82, 2.24) is 0 Å². The third kappa shape index (κ3) is 3.78. The quantitative estimate of drug-likeness (QED) is 0.570. The van der Waals surface area contributed by atoms with E-state index in [9.17, 15) is 4.79 Å². The van der Waals surface area contributed by atoms with Gasteiger partial charge in [-0.3, -0.25) is 9.69 Å². The predicted molar refractivity (Wildman–Crippen MR) is 116 cm³/mol. The Morgan fingerprint density at radius 3 is 2.21 bits per heavy atom. The van der Waals surface area contributed by atoms with Crippen LogP contribution in [0.15, 0.2) is 90.5 Å². The van der Waals surface area contributed by atoms with Gasteiger partial charge in [0.2, 0.25) is 0 Å². The van der Waals surface area contributed by atoms with Crippen LogP contribution in [0.2, 0.25) is 0 Å². The molecular formula is C25H21NO3. The van der Waals surface area contributed by atoms with E-state index in [2.05, 4.69) is 0 Å². The number of amides is 1. The van der Waals surface area contributed by atoms with Gasteiger partial charge in [-0.05, 0) is 47.5 Å². The number of hydrogen-bond acceptors (Lipinski definition) is 3. The van der Waals surface area contributed by atoms with E-state index < -0.39 is 0 Å². The highest BCUT2D eigenvalue weighted by atomic mass is 16.5. The molecule has 3 aromatic carbocycles. The van der Waals surface area contributed by atoms with E-state index in [0.717, 1.165) is 28.3 Å². The van der Waals surface area contributed by atoms with E-state index in [1.807, 2.05) is 91.0 Å². The molecule has 4 rings (SSSR count). The minimum absolute atomic E-state index is 0.0760. The van der Waals surface area contributed by atoms with Gasteiger partial charge < -0.3 is 9.47 Å². The molecule has 0 atom stereocenters. The molecule has 0 bridgehead atoms. The summed E-state index contributed by atoms with van der Waals surface area (Å²) < 4.78 is 10.6. The molecule has 0 spiro atoms. The molecule has 0 unspecified atom stereocenters. The lowest BCUT2D eigenvalue weighted by atomic mass is 10.1. The number of carbonyl (C=O) groups is 1. The van der Waals surface area contributed by atoms with Crippen LogP contribution in [0.25, 0.3) is 11.8 Å². The van der Waals surface area contributed by atoms with E-state index in [1.54, 1.807) is 19.1 Å². The fraction of sp³-hybridized carbons (Fsp3) is 0.0800. The Hall–Kier alpha value is -3.79. The Balaban J connectivity index is 1.79. The molecule has 1 aliphatic rings. The van der Waals surface area contributed by atoms with Crippen LogP contribution < -0.4 is 14.4 Å². The molecule has 0 saturated heterocycles. The van der Waals surface area contributed by atoms with Crippen LogP contribution in [0, 0.1) is 0 Å². The summed E-state index contributed by atoms with van der Waals surface area (Å²) in [6, 6.07) is 25.1. The van der Waals surface area contributed by atoms with Crippen LogP contribution in [0.5, 0.6) is 11.5 Å². The molecule has 0 aliphatic carbocycles. The Morgan fingerprint density at radius 1 is 0.793 bits per heavy atom. The lowest BCUT2D eigenvalue weighted by Crippen LogP contribution is -2.24. The number of benzene rings is 3. The van der Waals surface area contributed by atoms with Crippen molar-refractivity contribution in [2.75, 3.05) is 19.1 Å². The fourth-order valence-electron chi connectivity index (χ4n) is 3.32. The van der Waals surface area contributed by atoms with Crippen LogP contribution in [-0.4, -0.2) is 20.1 Å². The second-order valence-electron chi connectivity index (χ2n) is 6.61. The summed E-state index contributed by atoms with van der Waals surface area (Å²) in [7, 11) is 3.25. The molecule has 4 heteroatoms. The van der Waals surface area contributed by atoms with Crippen LogP contribution in [0.3, 0.4) is 0 Å². The van der Waals surface area contributed by atoms with Gasteiger partial charge in [-0.1, -0.05) is 48.5 Å². The van der Waals surface area contributed by atoms with Crippen LogP contribution in [0.4, 0.5) is 5.69 Å². The molecule has 1 aliphatic heterocycles. The zero-order chi connectivity index (χ0) is 20.2. The van der Waals surface area contributed by atoms with Crippen molar-refractivity contribution in [1.29, 1.82) is 0 Å². The largest absolute Gasteiger partial charge is 0.497 e. The maximum atomic E-state index is 13.4. The van der Waals surface area contributed by atoms with E-state index in [4.69, 9.17) is 9.47 Å². The van der Waals surface area contributed by atoms with E-state index in [0.29, 0.717) is 11.3 Å². The van der Waals surface area contributed by atoms with Crippen LogP contribution >= 0.6 is 0 Å². The van der Waals surface area contributed by atoms with E-state index in [1.165, 1.54) is 0 Å². The highest BCUT2D eigenvalue weighted by Crippen LogP contribution is 2.36. The SMILES string of the molecule is COc1ccc(/C=C2\C=C(c3ccccc3)N(c3cccc(OC)c3)C2=O)cc1. The topological polar surface area (TPSA) is 38.8 Å². The average molecular weight is 383 g/mol. The first kappa shape index (κ1) is 18.6. The maximum Gasteiger partial charge on any atom is 0.262 e. The summed E-state index contributed by atoms with van der Waals surface area (Å²) in [5.74, 6) is 1.41. The number of ether oxygens (including phenoxy) is 2. The zero-order valence-electron chi connectivity index (χ0n) is 16.3. The number of nitrogens with zero attached hydrogens (tertiary/aromatic N) is 1. The third-order valence-electron chi connectivity index (χ3n) is 4.80. The normalized spacial score (nSPS) is 14.8. The van der Waals surface area contributed by atoms with Crippen molar-refractivity contribution < 1.29 is 14.3 Å². The van der Waals surface area contributed by atoms with Gasteiger partial charge in [0.15, 0.2) is 0 Å². The van der Waals surface area contributed by atoms with Gasteiger partial charge in [0.05, 0.1) is 25.6 Å². The molecule has 0 saturated carbocycles. The molecule has 1 heterocycles. The van der Waals surface area contributed by atoms with Gasteiger partial charge in [0.25, 0.3) is 5.91 Å². The van der Waals surface area contributed by atoms with Crippen LogP contribution in [-0.2, 0) is 4.79 Å². The molecule has 0 radical (unpaired) electrons. The van der Waals surface area contributed by atoms with Crippen molar-refractivity contribution in [3.8, 4) is 11.5 Å². The average Bonchev–Trinajstić information content (AvgIpc) is 3.11. The van der Waals surface area contributed by atoms with Crippen molar-refractivity contribution >= 4 is 23.4 Å². The number of hydrogen-bond donors (Lipinski definition) is 0. The third-order valence-corrected chi connectivity index (χ3v) is 4.80. The van der Waals surface area contributed by atoms with Crippen molar-refractivity contribution in [2.24, 2.45) is 0 Å². The minimum Gasteiger partial charge on any atom is -0.497 e. The number of anilines is 1. The van der Waals surface area contributed by atoms with Gasteiger partial charge in [-0.2, -0.15) is 0 Å². The zero-order valence-corrected chi connectivity index (χ0v) is 16.3. The molecule has 0 aromatic heterocycles.